The molecule has 7 heteroatoms. The zero-order chi connectivity index (χ0) is 10.9. The van der Waals surface area contributed by atoms with Crippen LogP contribution in [-0.2, 0) is 4.84 Å². The maximum Gasteiger partial charge on any atom is 0.429 e. The molecule has 0 radical (unpaired) electrons. The van der Waals surface area contributed by atoms with Gasteiger partial charge >= 0.3 is 6.18 Å². The molecular formula is C8H12F3N3O. The van der Waals surface area contributed by atoms with Gasteiger partial charge in [0, 0.05) is 25.4 Å². The van der Waals surface area contributed by atoms with Gasteiger partial charge in [0.1, 0.15) is 5.71 Å². The second kappa shape index (κ2) is 4.07. The summed E-state index contributed by atoms with van der Waals surface area (Å²) in [5.74, 6) is 0.0681. The molecule has 0 aromatic heterocycles. The Bertz CT molecular complexity index is 266. The van der Waals surface area contributed by atoms with Crippen molar-refractivity contribution < 1.29 is 18.0 Å². The predicted octanol–water partition coefficient (Wildman–Crippen LogP) is 0.808. The molecule has 86 valence electrons. The fourth-order valence-corrected chi connectivity index (χ4v) is 1.81. The van der Waals surface area contributed by atoms with Crippen molar-refractivity contribution in [3.63, 3.8) is 0 Å². The smallest absolute Gasteiger partial charge is 0.284 e. The molecule has 2 atom stereocenters. The summed E-state index contributed by atoms with van der Waals surface area (Å²) in [6.07, 6.45) is -4.16. The van der Waals surface area contributed by atoms with Crippen LogP contribution in [0.25, 0.3) is 0 Å². The van der Waals surface area contributed by atoms with Crippen molar-refractivity contribution >= 4 is 5.71 Å². The molecule has 0 aromatic rings. The highest BCUT2D eigenvalue weighted by Crippen LogP contribution is 2.29. The highest BCUT2D eigenvalue weighted by Gasteiger charge is 2.41. The Kier molecular flexibility index (Phi) is 2.94. The molecule has 4 nitrogen and oxygen atoms in total. The topological polar surface area (TPSA) is 45.7 Å². The molecule has 2 rings (SSSR count). The van der Waals surface area contributed by atoms with Gasteiger partial charge in [-0.2, -0.15) is 13.2 Å². The number of fused-ring (bicyclic) bond motifs is 1. The van der Waals surface area contributed by atoms with E-state index in [9.17, 15) is 13.2 Å². The summed E-state index contributed by atoms with van der Waals surface area (Å²) in [7, 11) is 0. The summed E-state index contributed by atoms with van der Waals surface area (Å²) >= 11 is 0. The Labute approximate surface area is 84.8 Å². The highest BCUT2D eigenvalue weighted by molar-refractivity contribution is 5.90. The van der Waals surface area contributed by atoms with E-state index in [2.05, 4.69) is 16.0 Å². The van der Waals surface area contributed by atoms with Crippen LogP contribution in [-0.4, -0.2) is 31.1 Å². The van der Waals surface area contributed by atoms with Gasteiger partial charge in [0.05, 0.1) is 6.10 Å². The van der Waals surface area contributed by atoms with E-state index in [-0.39, 0.29) is 18.9 Å². The first-order valence-corrected chi connectivity index (χ1v) is 4.81. The standard InChI is InChI=1S/C8H12F3N3O/c9-8(10,11)7-3-6-5(4-12-7)1-2-13-14-15-6/h5-6,13-14H,1-4H2. The number of hydrazine groups is 1. The molecule has 0 spiro atoms. The van der Waals surface area contributed by atoms with Crippen molar-refractivity contribution in [3.05, 3.63) is 0 Å². The van der Waals surface area contributed by atoms with Gasteiger partial charge in [-0.1, -0.05) is 0 Å². The fraction of sp³-hybridized carbons (Fsp3) is 0.875. The number of nitrogens with zero attached hydrogens (tertiary/aromatic N) is 1. The van der Waals surface area contributed by atoms with Crippen molar-refractivity contribution in [2.24, 2.45) is 10.9 Å². The Hall–Kier alpha value is -0.660. The first kappa shape index (κ1) is 10.8. The SMILES string of the molecule is FC(F)(F)C1=NCC2CCNNOC2C1. The average Bonchev–Trinajstić information content (AvgIpc) is 2.39. The van der Waals surface area contributed by atoms with Gasteiger partial charge in [0.15, 0.2) is 0 Å². The van der Waals surface area contributed by atoms with E-state index >= 15 is 0 Å². The van der Waals surface area contributed by atoms with Crippen LogP contribution in [0.1, 0.15) is 12.8 Å². The van der Waals surface area contributed by atoms with Gasteiger partial charge in [0.2, 0.25) is 0 Å². The molecule has 0 bridgehead atoms. The molecule has 15 heavy (non-hydrogen) atoms. The number of aliphatic imine (C=N–C) groups is 1. The normalized spacial score (nSPS) is 32.9. The monoisotopic (exact) mass is 223 g/mol. The van der Waals surface area contributed by atoms with Crippen LogP contribution in [0.3, 0.4) is 0 Å². The number of rotatable bonds is 0. The molecule has 0 amide bonds. The first-order chi connectivity index (χ1) is 7.07. The minimum atomic E-state index is -4.33. The summed E-state index contributed by atoms with van der Waals surface area (Å²) in [4.78, 5) is 8.67. The Morgan fingerprint density at radius 2 is 2.20 bits per heavy atom. The van der Waals surface area contributed by atoms with Crippen molar-refractivity contribution in [2.75, 3.05) is 13.1 Å². The van der Waals surface area contributed by atoms with E-state index < -0.39 is 18.0 Å². The van der Waals surface area contributed by atoms with Gasteiger partial charge in [-0.3, -0.25) is 9.83 Å². The first-order valence-electron chi connectivity index (χ1n) is 4.81. The lowest BCUT2D eigenvalue weighted by molar-refractivity contribution is -0.0806. The van der Waals surface area contributed by atoms with Crippen LogP contribution in [0.2, 0.25) is 0 Å². The van der Waals surface area contributed by atoms with E-state index in [1.54, 1.807) is 0 Å². The minimum Gasteiger partial charge on any atom is -0.284 e. The fourth-order valence-electron chi connectivity index (χ4n) is 1.81. The summed E-state index contributed by atoms with van der Waals surface area (Å²) in [5, 5.41) is 0. The molecule has 0 aromatic carbocycles. The van der Waals surface area contributed by atoms with E-state index in [1.165, 1.54) is 0 Å². The molecular weight excluding hydrogens is 211 g/mol. The zero-order valence-electron chi connectivity index (χ0n) is 7.97. The number of nitrogens with one attached hydrogen (secondary N) is 2. The summed E-state index contributed by atoms with van der Waals surface area (Å²) in [6, 6.07) is 0. The van der Waals surface area contributed by atoms with Crippen molar-refractivity contribution in [1.29, 1.82) is 0 Å². The van der Waals surface area contributed by atoms with Gasteiger partial charge in [0.25, 0.3) is 0 Å². The van der Waals surface area contributed by atoms with Gasteiger partial charge in [-0.05, 0) is 6.42 Å². The zero-order valence-corrected chi connectivity index (χ0v) is 7.97. The van der Waals surface area contributed by atoms with E-state index in [1.807, 2.05) is 0 Å². The van der Waals surface area contributed by atoms with Gasteiger partial charge < -0.3 is 0 Å². The number of hydrogen-bond donors (Lipinski definition) is 2. The van der Waals surface area contributed by atoms with Crippen LogP contribution in [0.15, 0.2) is 4.99 Å². The number of hydrogen-bond acceptors (Lipinski definition) is 4. The maximum atomic E-state index is 12.4. The van der Waals surface area contributed by atoms with Gasteiger partial charge in [-0.25, -0.2) is 5.43 Å². The molecule has 2 aliphatic heterocycles. The lowest BCUT2D eigenvalue weighted by Gasteiger charge is -2.28. The van der Waals surface area contributed by atoms with Crippen molar-refractivity contribution in [1.82, 2.24) is 11.0 Å². The van der Waals surface area contributed by atoms with E-state index in [4.69, 9.17) is 4.84 Å². The van der Waals surface area contributed by atoms with Crippen molar-refractivity contribution in [3.8, 4) is 0 Å². The lowest BCUT2D eigenvalue weighted by atomic mass is 9.91. The maximum absolute atomic E-state index is 12.4. The second-order valence-electron chi connectivity index (χ2n) is 3.72. The number of halogens is 3. The van der Waals surface area contributed by atoms with E-state index in [0.717, 1.165) is 6.42 Å². The third-order valence-electron chi connectivity index (χ3n) is 2.69. The summed E-state index contributed by atoms with van der Waals surface area (Å²) in [6.45, 7) is 0.876. The summed E-state index contributed by atoms with van der Waals surface area (Å²) < 4.78 is 37.1. The lowest BCUT2D eigenvalue weighted by Crippen LogP contribution is -2.40. The third kappa shape index (κ3) is 2.47. The second-order valence-corrected chi connectivity index (χ2v) is 3.72. The van der Waals surface area contributed by atoms with Crippen LogP contribution in [0, 0.1) is 5.92 Å². The predicted molar refractivity (Wildman–Crippen MR) is 47.1 cm³/mol. The molecule has 1 saturated heterocycles. The molecule has 0 saturated carbocycles. The Morgan fingerprint density at radius 1 is 1.40 bits per heavy atom. The van der Waals surface area contributed by atoms with Gasteiger partial charge in [-0.15, -0.1) is 5.59 Å². The number of alkyl halides is 3. The van der Waals surface area contributed by atoms with E-state index in [0.29, 0.717) is 6.54 Å². The Balaban J connectivity index is 2.07. The minimum absolute atomic E-state index is 0.0681. The molecule has 2 unspecified atom stereocenters. The average molecular weight is 223 g/mol. The molecule has 2 heterocycles. The molecule has 2 aliphatic rings. The Morgan fingerprint density at radius 3 is 2.93 bits per heavy atom. The van der Waals surface area contributed by atoms with Crippen LogP contribution < -0.4 is 11.0 Å². The molecule has 2 N–H and O–H groups in total. The summed E-state index contributed by atoms with van der Waals surface area (Å²) in [5.41, 5.74) is 4.48. The largest absolute Gasteiger partial charge is 0.429 e. The van der Waals surface area contributed by atoms with Crippen LogP contribution in [0.4, 0.5) is 13.2 Å². The molecule has 0 aliphatic carbocycles. The third-order valence-corrected chi connectivity index (χ3v) is 2.69. The van der Waals surface area contributed by atoms with Crippen molar-refractivity contribution in [2.45, 2.75) is 25.1 Å². The highest BCUT2D eigenvalue weighted by atomic mass is 19.4. The quantitative estimate of drug-likeness (QED) is 0.638. The molecule has 1 fully saturated rings. The van der Waals surface area contributed by atoms with Crippen LogP contribution in [0.5, 0.6) is 0 Å². The van der Waals surface area contributed by atoms with Crippen LogP contribution >= 0.6 is 0 Å².